The van der Waals surface area contributed by atoms with Crippen LogP contribution < -0.4 is 5.32 Å². The Kier molecular flexibility index (Phi) is 5.11. The number of amides is 1. The van der Waals surface area contributed by atoms with Crippen LogP contribution in [-0.4, -0.2) is 35.4 Å². The van der Waals surface area contributed by atoms with Crippen LogP contribution >= 0.6 is 23.2 Å². The molecule has 0 bridgehead atoms. The lowest BCUT2D eigenvalue weighted by molar-refractivity contribution is -0.121. The number of carbonyl (C=O) groups is 1. The van der Waals surface area contributed by atoms with Crippen molar-refractivity contribution in [3.8, 4) is 0 Å². The van der Waals surface area contributed by atoms with Crippen molar-refractivity contribution in [1.29, 1.82) is 0 Å². The van der Waals surface area contributed by atoms with E-state index in [2.05, 4.69) is 12.2 Å². The Balaban J connectivity index is 1.91. The first-order valence-electron chi connectivity index (χ1n) is 8.78. The van der Waals surface area contributed by atoms with Gasteiger partial charge in [0.25, 0.3) is 0 Å². The van der Waals surface area contributed by atoms with Gasteiger partial charge in [0.1, 0.15) is 0 Å². The summed E-state index contributed by atoms with van der Waals surface area (Å²) in [6.07, 6.45) is 3.14. The fourth-order valence-electron chi connectivity index (χ4n) is 4.53. The molecule has 1 heterocycles. The number of nitrogens with one attached hydrogen (secondary N) is 1. The second-order valence-electron chi connectivity index (χ2n) is 7.43. The van der Waals surface area contributed by atoms with E-state index in [1.807, 2.05) is 6.92 Å². The average Bonchev–Trinajstić information content (AvgIpc) is 2.80. The van der Waals surface area contributed by atoms with E-state index in [0.717, 1.165) is 24.8 Å². The van der Waals surface area contributed by atoms with E-state index in [0.29, 0.717) is 28.5 Å². The predicted molar refractivity (Wildman–Crippen MR) is 99.3 cm³/mol. The van der Waals surface area contributed by atoms with Crippen LogP contribution in [0.3, 0.4) is 0 Å². The minimum Gasteiger partial charge on any atom is -0.389 e. The number of methoxy groups -OCH3 is 1. The molecule has 0 radical (unpaired) electrons. The Morgan fingerprint density at radius 3 is 2.44 bits per heavy atom. The summed E-state index contributed by atoms with van der Waals surface area (Å²) in [6, 6.07) is 3.41. The average molecular weight is 386 g/mol. The third kappa shape index (κ3) is 3.08. The molecule has 1 spiro atoms. The molecule has 2 fully saturated rings. The summed E-state index contributed by atoms with van der Waals surface area (Å²) in [6.45, 7) is 3.98. The summed E-state index contributed by atoms with van der Waals surface area (Å²) in [5.41, 5.74) is 0.743. The molecule has 1 aliphatic carbocycles. The van der Waals surface area contributed by atoms with Crippen LogP contribution in [0, 0.1) is 6.92 Å². The molecule has 1 aromatic rings. The van der Waals surface area contributed by atoms with Crippen LogP contribution in [0.4, 0.5) is 0 Å². The fourth-order valence-corrected chi connectivity index (χ4v) is 5.24. The summed E-state index contributed by atoms with van der Waals surface area (Å²) in [5.74, 6) is -0.831. The maximum Gasteiger partial charge on any atom is 0.230 e. The first kappa shape index (κ1) is 19.0. The van der Waals surface area contributed by atoms with Crippen molar-refractivity contribution in [3.05, 3.63) is 33.3 Å². The van der Waals surface area contributed by atoms with Crippen molar-refractivity contribution in [3.63, 3.8) is 0 Å². The van der Waals surface area contributed by atoms with Gasteiger partial charge >= 0.3 is 0 Å². The van der Waals surface area contributed by atoms with E-state index in [9.17, 15) is 9.90 Å². The number of halogens is 2. The number of hydrogen-bond donors (Lipinski definition) is 2. The molecule has 4 nitrogen and oxygen atoms in total. The molecule has 1 aliphatic heterocycles. The van der Waals surface area contributed by atoms with Gasteiger partial charge in [0.15, 0.2) is 0 Å². The lowest BCUT2D eigenvalue weighted by atomic mass is 9.69. The first-order chi connectivity index (χ1) is 11.8. The largest absolute Gasteiger partial charge is 0.389 e. The lowest BCUT2D eigenvalue weighted by Crippen LogP contribution is -2.54. The van der Waals surface area contributed by atoms with Gasteiger partial charge in [-0.25, -0.2) is 0 Å². The highest BCUT2D eigenvalue weighted by Crippen LogP contribution is 2.48. The molecular weight excluding hydrogens is 361 g/mol. The maximum atomic E-state index is 12.8. The van der Waals surface area contributed by atoms with Crippen LogP contribution in [0.1, 0.15) is 56.1 Å². The zero-order valence-corrected chi connectivity index (χ0v) is 16.4. The van der Waals surface area contributed by atoms with Crippen LogP contribution in [0.15, 0.2) is 12.1 Å². The van der Waals surface area contributed by atoms with E-state index in [-0.39, 0.29) is 11.5 Å². The molecule has 1 saturated carbocycles. The Labute approximate surface area is 158 Å². The van der Waals surface area contributed by atoms with E-state index in [1.165, 1.54) is 0 Å². The smallest absolute Gasteiger partial charge is 0.230 e. The number of aryl methyl sites for hydroxylation is 1. The van der Waals surface area contributed by atoms with Gasteiger partial charge in [0, 0.05) is 17.2 Å². The van der Waals surface area contributed by atoms with Crippen LogP contribution in [-0.2, 0) is 9.53 Å². The molecule has 1 amide bonds. The lowest BCUT2D eigenvalue weighted by Gasteiger charge is -2.45. The molecular formula is C19H25Cl2NO3. The Hall–Kier alpha value is -0.810. The van der Waals surface area contributed by atoms with Crippen molar-refractivity contribution in [1.82, 2.24) is 5.32 Å². The number of ether oxygens (including phenoxy) is 1. The van der Waals surface area contributed by atoms with Crippen LogP contribution in [0.2, 0.25) is 10.0 Å². The van der Waals surface area contributed by atoms with Gasteiger partial charge in [0.2, 0.25) is 5.91 Å². The molecule has 1 saturated heterocycles. The molecule has 3 rings (SSSR count). The third-order valence-corrected chi connectivity index (χ3v) is 6.81. The van der Waals surface area contributed by atoms with Gasteiger partial charge < -0.3 is 15.2 Å². The van der Waals surface area contributed by atoms with E-state index in [1.54, 1.807) is 19.2 Å². The fraction of sp³-hybridized carbons (Fsp3) is 0.632. The summed E-state index contributed by atoms with van der Waals surface area (Å²) in [4.78, 5) is 12.8. The number of carbonyl (C=O) groups excluding carboxylic acids is 1. The summed E-state index contributed by atoms with van der Waals surface area (Å²) in [7, 11) is 1.74. The topological polar surface area (TPSA) is 58.6 Å². The van der Waals surface area contributed by atoms with Crippen LogP contribution in [0.25, 0.3) is 0 Å². The van der Waals surface area contributed by atoms with Gasteiger partial charge in [-0.05, 0) is 62.3 Å². The normalized spacial score (nSPS) is 35.2. The van der Waals surface area contributed by atoms with Gasteiger partial charge in [-0.3, -0.25) is 4.79 Å². The molecule has 2 atom stereocenters. The number of aliphatic hydroxyl groups is 1. The summed E-state index contributed by atoms with van der Waals surface area (Å²) in [5, 5.41) is 15.1. The van der Waals surface area contributed by atoms with E-state index < -0.39 is 17.6 Å². The van der Waals surface area contributed by atoms with Gasteiger partial charge in [0.05, 0.1) is 23.2 Å². The van der Waals surface area contributed by atoms with Crippen molar-refractivity contribution in [2.24, 2.45) is 0 Å². The minimum absolute atomic E-state index is 0.151. The first-order valence-corrected chi connectivity index (χ1v) is 9.54. The monoisotopic (exact) mass is 385 g/mol. The van der Waals surface area contributed by atoms with Crippen molar-refractivity contribution < 1.29 is 14.6 Å². The predicted octanol–water partition coefficient (Wildman–Crippen LogP) is 3.98. The zero-order valence-electron chi connectivity index (χ0n) is 14.9. The highest BCUT2D eigenvalue weighted by Gasteiger charge is 2.56. The Morgan fingerprint density at radius 2 is 1.92 bits per heavy atom. The maximum absolute atomic E-state index is 12.8. The number of rotatable bonds is 3. The van der Waals surface area contributed by atoms with Crippen LogP contribution in [0.5, 0.6) is 0 Å². The number of benzene rings is 1. The molecule has 2 aliphatic rings. The van der Waals surface area contributed by atoms with Crippen molar-refractivity contribution in [2.45, 2.75) is 69.1 Å². The standard InChI is InChI=1S/C19H25Cl2NO3/c1-4-18(25-3)5-7-19(8-6-18)16(23)15(17(24)22-19)14-11(2)9-12(20)10-13(14)21/h9-10,15-16,23H,4-8H2,1-3H3,(H,22,24). The van der Waals surface area contributed by atoms with Gasteiger partial charge in [-0.1, -0.05) is 30.1 Å². The highest BCUT2D eigenvalue weighted by atomic mass is 35.5. The summed E-state index contributed by atoms with van der Waals surface area (Å²) >= 11 is 12.4. The molecule has 1 aromatic carbocycles. The molecule has 25 heavy (non-hydrogen) atoms. The van der Waals surface area contributed by atoms with Crippen molar-refractivity contribution in [2.75, 3.05) is 7.11 Å². The van der Waals surface area contributed by atoms with Gasteiger partial charge in [-0.2, -0.15) is 0 Å². The Morgan fingerprint density at radius 1 is 1.28 bits per heavy atom. The molecule has 2 unspecified atom stereocenters. The molecule has 138 valence electrons. The zero-order chi connectivity index (χ0) is 18.4. The summed E-state index contributed by atoms with van der Waals surface area (Å²) < 4.78 is 5.73. The van der Waals surface area contributed by atoms with Crippen molar-refractivity contribution >= 4 is 29.1 Å². The Bertz CT molecular complexity index is 654. The van der Waals surface area contributed by atoms with E-state index in [4.69, 9.17) is 27.9 Å². The molecule has 0 aromatic heterocycles. The van der Waals surface area contributed by atoms with Gasteiger partial charge in [-0.15, -0.1) is 0 Å². The second kappa shape index (κ2) is 6.73. The SMILES string of the molecule is CCC1(OC)CCC2(CC1)NC(=O)C(c1c(C)cc(Cl)cc1Cl)C2O. The third-order valence-electron chi connectivity index (χ3n) is 6.28. The number of aliphatic hydroxyl groups excluding tert-OH is 1. The quantitative estimate of drug-likeness (QED) is 0.826. The van der Waals surface area contributed by atoms with E-state index >= 15 is 0 Å². The molecule has 2 N–H and O–H groups in total. The second-order valence-corrected chi connectivity index (χ2v) is 8.27. The highest BCUT2D eigenvalue weighted by molar-refractivity contribution is 6.35. The number of hydrogen-bond acceptors (Lipinski definition) is 3. The molecule has 6 heteroatoms. The minimum atomic E-state index is -0.816.